The van der Waals surface area contributed by atoms with Gasteiger partial charge < -0.3 is 35.2 Å². The maximum absolute atomic E-state index is 14.3. The fourth-order valence-electron chi connectivity index (χ4n) is 9.41. The number of fused-ring (bicyclic) bond motifs is 2. The van der Waals surface area contributed by atoms with Crippen LogP contribution in [-0.2, 0) is 32.1 Å². The maximum atomic E-state index is 14.3. The number of rotatable bonds is 14. The minimum absolute atomic E-state index is 0.0124. The molecule has 302 valence electrons. The Hall–Kier alpha value is -4.49. The molecule has 1 aliphatic heterocycles. The van der Waals surface area contributed by atoms with Crippen LogP contribution in [0.1, 0.15) is 62.0 Å². The molecule has 1 saturated heterocycles. The molecule has 1 heterocycles. The van der Waals surface area contributed by atoms with Gasteiger partial charge in [-0.1, -0.05) is 69.3 Å². The van der Waals surface area contributed by atoms with E-state index in [-0.39, 0.29) is 36.9 Å². The molecule has 0 spiro atoms. The molecular formula is C44H58N4O8. The number of benzene rings is 3. The summed E-state index contributed by atoms with van der Waals surface area (Å²) in [5.74, 6) is 0.0139. The van der Waals surface area contributed by atoms with Gasteiger partial charge in [0.2, 0.25) is 5.91 Å². The quantitative estimate of drug-likeness (QED) is 0.172. The molecule has 9 atom stereocenters. The number of aliphatic hydroxyl groups excluding tert-OH is 2. The van der Waals surface area contributed by atoms with Gasteiger partial charge >= 0.3 is 5.97 Å². The molecule has 0 unspecified atom stereocenters. The summed E-state index contributed by atoms with van der Waals surface area (Å²) >= 11 is 0. The lowest BCUT2D eigenvalue weighted by Gasteiger charge is -2.62. The van der Waals surface area contributed by atoms with Crippen molar-refractivity contribution in [3.05, 3.63) is 83.4 Å². The van der Waals surface area contributed by atoms with Gasteiger partial charge in [0.25, 0.3) is 5.91 Å². The van der Waals surface area contributed by atoms with Crippen molar-refractivity contribution < 1.29 is 38.9 Å². The summed E-state index contributed by atoms with van der Waals surface area (Å²) in [6.07, 6.45) is 0.639. The molecule has 12 heteroatoms. The highest BCUT2D eigenvalue weighted by atomic mass is 16.7. The maximum Gasteiger partial charge on any atom is 0.328 e. The Morgan fingerprint density at radius 2 is 1.77 bits per heavy atom. The van der Waals surface area contributed by atoms with Crippen molar-refractivity contribution in [2.75, 3.05) is 39.8 Å². The second-order valence-electron chi connectivity index (χ2n) is 16.6. The van der Waals surface area contributed by atoms with Crippen LogP contribution in [0, 0.1) is 29.1 Å². The van der Waals surface area contributed by atoms with Gasteiger partial charge in [-0.25, -0.2) is 4.79 Å². The van der Waals surface area contributed by atoms with Crippen LogP contribution in [0.2, 0.25) is 0 Å². The van der Waals surface area contributed by atoms with E-state index in [1.54, 1.807) is 31.2 Å². The second-order valence-corrected chi connectivity index (χ2v) is 16.6. The Bertz CT molecular complexity index is 1880. The lowest BCUT2D eigenvalue weighted by Crippen LogP contribution is -2.62. The van der Waals surface area contributed by atoms with E-state index in [1.807, 2.05) is 73.6 Å². The molecule has 2 bridgehead atoms. The summed E-state index contributed by atoms with van der Waals surface area (Å²) in [4.78, 5) is 49.1. The lowest BCUT2D eigenvalue weighted by molar-refractivity contribution is -0.183. The Morgan fingerprint density at radius 3 is 2.38 bits per heavy atom. The predicted octanol–water partition coefficient (Wildman–Crippen LogP) is 4.60. The molecule has 12 nitrogen and oxygen atoms in total. The fourth-order valence-corrected chi connectivity index (χ4v) is 9.41. The molecule has 4 aliphatic rings. The number of carbonyl (C=O) groups is 3. The van der Waals surface area contributed by atoms with Crippen LogP contribution in [0.3, 0.4) is 0 Å². The van der Waals surface area contributed by atoms with Gasteiger partial charge in [-0.2, -0.15) is 5.06 Å². The van der Waals surface area contributed by atoms with Gasteiger partial charge in [0.05, 0.1) is 33.5 Å². The zero-order chi connectivity index (χ0) is 40.5. The van der Waals surface area contributed by atoms with Crippen LogP contribution in [0.25, 0.3) is 11.1 Å². The van der Waals surface area contributed by atoms with Crippen molar-refractivity contribution in [3.63, 3.8) is 0 Å². The molecule has 2 amide bonds. The molecule has 3 saturated carbocycles. The number of hydroxylamine groups is 2. The normalized spacial score (nSPS) is 26.4. The van der Waals surface area contributed by atoms with E-state index < -0.39 is 42.1 Å². The van der Waals surface area contributed by atoms with Gasteiger partial charge in [0.1, 0.15) is 23.9 Å². The number of para-hydroxylation sites is 1. The van der Waals surface area contributed by atoms with Crippen molar-refractivity contribution >= 4 is 23.5 Å². The summed E-state index contributed by atoms with van der Waals surface area (Å²) in [6, 6.07) is 18.8. The second kappa shape index (κ2) is 16.9. The average molecular weight is 771 g/mol. The summed E-state index contributed by atoms with van der Waals surface area (Å²) in [6.45, 7) is 8.25. The standard InChI is InChI=1S/C44H58N4O8/c1-25-34-21-31(44(34,3)4)22-35(25)45-42(52)39-38(26(2)50)37(24-49)56-48(39)23-28-15-12-16-33(40(28)54-7)29-18-30(20-32(19-29)47(5)6)41(51)46-36(43(53)55-8)17-27-13-10-9-11-14-27/h9-16,18-20,25-26,31,34-39,49-50H,17,21-24H2,1-8H3,(H,45,52)(H,46,51)/t25-,26-,31+,34-,35-,36+,37-,38+,39-/m0/s1. The number of hydrogen-bond acceptors (Lipinski definition) is 10. The van der Waals surface area contributed by atoms with Crippen molar-refractivity contribution in [1.29, 1.82) is 0 Å². The van der Waals surface area contributed by atoms with Gasteiger partial charge in [-0.3, -0.25) is 14.4 Å². The number of ether oxygens (including phenoxy) is 2. The number of hydrogen-bond donors (Lipinski definition) is 4. The zero-order valence-corrected chi connectivity index (χ0v) is 33.8. The minimum Gasteiger partial charge on any atom is -0.496 e. The van der Waals surface area contributed by atoms with Crippen molar-refractivity contribution in [2.45, 2.75) is 83.8 Å². The highest BCUT2D eigenvalue weighted by Gasteiger charge is 2.57. The average Bonchev–Trinajstić information content (AvgIpc) is 3.56. The van der Waals surface area contributed by atoms with Crippen molar-refractivity contribution in [2.24, 2.45) is 29.1 Å². The smallest absolute Gasteiger partial charge is 0.328 e. The molecule has 4 N–H and O–H groups in total. The van der Waals surface area contributed by atoms with E-state index >= 15 is 0 Å². The van der Waals surface area contributed by atoms with Crippen LogP contribution in [0.15, 0.2) is 66.7 Å². The van der Waals surface area contributed by atoms with E-state index in [4.69, 9.17) is 14.3 Å². The first-order chi connectivity index (χ1) is 26.7. The van der Waals surface area contributed by atoms with Crippen LogP contribution in [0.4, 0.5) is 5.69 Å². The first kappa shape index (κ1) is 41.2. The third kappa shape index (κ3) is 8.16. The third-order valence-electron chi connectivity index (χ3n) is 12.8. The summed E-state index contributed by atoms with van der Waals surface area (Å²) in [5, 5.41) is 29.1. The molecule has 0 aromatic heterocycles. The van der Waals surface area contributed by atoms with E-state index in [0.717, 1.165) is 17.7 Å². The number of carbonyl (C=O) groups excluding carboxylic acids is 3. The van der Waals surface area contributed by atoms with E-state index in [1.165, 1.54) is 13.5 Å². The van der Waals surface area contributed by atoms with Gasteiger partial charge in [-0.05, 0) is 72.3 Å². The SMILES string of the molecule is COC(=O)[C@@H](Cc1ccccc1)NC(=O)c1cc(-c2cccc(CN3O[C@@H](CO)[C@@H]([C@H](C)O)[C@H]3C(=O)N[C@H]3C[C@H]4C[C@@H]([C@@H]3C)C4(C)C)c2OC)cc(N(C)C)c1. The van der Waals surface area contributed by atoms with E-state index in [2.05, 4.69) is 31.4 Å². The number of esters is 1. The number of nitrogens with zero attached hydrogens (tertiary/aromatic N) is 2. The van der Waals surface area contributed by atoms with Crippen LogP contribution < -0.4 is 20.3 Å². The van der Waals surface area contributed by atoms with Crippen LogP contribution in [0.5, 0.6) is 5.75 Å². The number of nitrogens with one attached hydrogen (secondary N) is 2. The van der Waals surface area contributed by atoms with Crippen molar-refractivity contribution in [1.82, 2.24) is 15.7 Å². The molecule has 3 aromatic carbocycles. The lowest BCUT2D eigenvalue weighted by atomic mass is 9.45. The minimum atomic E-state index is -0.929. The monoisotopic (exact) mass is 770 g/mol. The number of amides is 2. The molecule has 56 heavy (non-hydrogen) atoms. The Morgan fingerprint density at radius 1 is 1.04 bits per heavy atom. The molecule has 3 aliphatic carbocycles. The number of methoxy groups -OCH3 is 2. The zero-order valence-electron chi connectivity index (χ0n) is 33.8. The first-order valence-corrected chi connectivity index (χ1v) is 19.6. The highest BCUT2D eigenvalue weighted by Crippen LogP contribution is 2.61. The van der Waals surface area contributed by atoms with Gasteiger partial charge in [0.15, 0.2) is 0 Å². The van der Waals surface area contributed by atoms with Crippen molar-refractivity contribution in [3.8, 4) is 16.9 Å². The largest absolute Gasteiger partial charge is 0.496 e. The summed E-state index contributed by atoms with van der Waals surface area (Å²) < 4.78 is 11.1. The Kier molecular flexibility index (Phi) is 12.4. The van der Waals surface area contributed by atoms with Gasteiger partial charge in [0, 0.05) is 54.9 Å². The molecule has 3 aromatic rings. The summed E-state index contributed by atoms with van der Waals surface area (Å²) in [5.41, 5.74) is 4.32. The number of anilines is 1. The van der Waals surface area contributed by atoms with Gasteiger partial charge in [-0.15, -0.1) is 0 Å². The van der Waals surface area contributed by atoms with E-state index in [0.29, 0.717) is 45.8 Å². The highest BCUT2D eigenvalue weighted by molar-refractivity contribution is 5.99. The fraction of sp³-hybridized carbons (Fsp3) is 0.523. The topological polar surface area (TPSA) is 150 Å². The Labute approximate surface area is 330 Å². The number of aliphatic hydroxyl groups is 2. The molecule has 4 fully saturated rings. The first-order valence-electron chi connectivity index (χ1n) is 19.6. The summed E-state index contributed by atoms with van der Waals surface area (Å²) in [7, 11) is 6.63. The third-order valence-corrected chi connectivity index (χ3v) is 12.8. The molecular weight excluding hydrogens is 713 g/mol. The van der Waals surface area contributed by atoms with Crippen LogP contribution >= 0.6 is 0 Å². The van der Waals surface area contributed by atoms with Crippen LogP contribution in [-0.4, -0.2) is 98.3 Å². The molecule has 7 rings (SSSR count). The molecule has 0 radical (unpaired) electrons. The predicted molar refractivity (Wildman–Crippen MR) is 214 cm³/mol. The van der Waals surface area contributed by atoms with E-state index in [9.17, 15) is 24.6 Å². The Balaban J connectivity index is 1.29.